The maximum Gasteiger partial charge on any atom is 0.325 e. The normalized spacial score (nSPS) is 10.5. The average molecular weight is 326 g/mol. The van der Waals surface area contributed by atoms with Crippen LogP contribution in [0.15, 0.2) is 48.9 Å². The highest BCUT2D eigenvalue weighted by Gasteiger charge is 2.15. The molecule has 0 saturated carbocycles. The summed E-state index contributed by atoms with van der Waals surface area (Å²) in [6.45, 7) is 0.131. The Morgan fingerprint density at radius 3 is 2.71 bits per heavy atom. The van der Waals surface area contributed by atoms with Crippen LogP contribution in [-0.2, 0) is 17.9 Å². The number of carbonyl (C=O) groups excluding carboxylic acids is 1. The highest BCUT2D eigenvalue weighted by atomic mass is 16.4. The topological polar surface area (TPSA) is 115 Å². The number of anilines is 1. The molecule has 0 bridgehead atoms. The number of aliphatic carboxylic acids is 1. The molecule has 0 atom stereocenters. The smallest absolute Gasteiger partial charge is 0.325 e. The SMILES string of the molecule is O=C(O)Cn1nccc1C(=O)Nc1ncn(Cc2ccccc2)n1. The van der Waals surface area contributed by atoms with Crippen molar-refractivity contribution in [3.63, 3.8) is 0 Å². The molecule has 9 nitrogen and oxygen atoms in total. The fraction of sp³-hybridized carbons (Fsp3) is 0.133. The van der Waals surface area contributed by atoms with Crippen LogP contribution in [-0.4, -0.2) is 41.5 Å². The predicted molar refractivity (Wildman–Crippen MR) is 83.4 cm³/mol. The van der Waals surface area contributed by atoms with Crippen LogP contribution in [0.3, 0.4) is 0 Å². The van der Waals surface area contributed by atoms with E-state index in [0.717, 1.165) is 10.2 Å². The van der Waals surface area contributed by atoms with Gasteiger partial charge < -0.3 is 5.11 Å². The molecule has 2 heterocycles. The van der Waals surface area contributed by atoms with Crippen LogP contribution in [0.1, 0.15) is 16.1 Å². The highest BCUT2D eigenvalue weighted by molar-refractivity contribution is 6.02. The number of carboxylic acids is 1. The number of benzene rings is 1. The van der Waals surface area contributed by atoms with E-state index in [-0.39, 0.29) is 11.6 Å². The molecule has 0 radical (unpaired) electrons. The summed E-state index contributed by atoms with van der Waals surface area (Å²) < 4.78 is 2.69. The van der Waals surface area contributed by atoms with Crippen molar-refractivity contribution in [1.29, 1.82) is 0 Å². The van der Waals surface area contributed by atoms with Crippen LogP contribution in [0, 0.1) is 0 Å². The zero-order valence-corrected chi connectivity index (χ0v) is 12.5. The molecule has 0 unspecified atom stereocenters. The molecule has 1 aromatic carbocycles. The van der Waals surface area contributed by atoms with Crippen molar-refractivity contribution in [2.24, 2.45) is 0 Å². The molecule has 0 aliphatic heterocycles. The molecule has 2 N–H and O–H groups in total. The quantitative estimate of drug-likeness (QED) is 0.694. The van der Waals surface area contributed by atoms with Crippen molar-refractivity contribution >= 4 is 17.8 Å². The van der Waals surface area contributed by atoms with Gasteiger partial charge in [0.2, 0.25) is 5.95 Å². The minimum atomic E-state index is -1.09. The highest BCUT2D eigenvalue weighted by Crippen LogP contribution is 2.06. The van der Waals surface area contributed by atoms with Crippen molar-refractivity contribution in [3.05, 3.63) is 60.2 Å². The number of hydrogen-bond acceptors (Lipinski definition) is 5. The number of carboxylic acid groups (broad SMARTS) is 1. The lowest BCUT2D eigenvalue weighted by molar-refractivity contribution is -0.137. The van der Waals surface area contributed by atoms with E-state index in [2.05, 4.69) is 20.5 Å². The lowest BCUT2D eigenvalue weighted by Crippen LogP contribution is -2.21. The van der Waals surface area contributed by atoms with Gasteiger partial charge in [0.1, 0.15) is 18.6 Å². The van der Waals surface area contributed by atoms with E-state index in [9.17, 15) is 9.59 Å². The van der Waals surface area contributed by atoms with Crippen LogP contribution in [0.5, 0.6) is 0 Å². The van der Waals surface area contributed by atoms with Crippen LogP contribution in [0.4, 0.5) is 5.95 Å². The molecule has 3 aromatic rings. The van der Waals surface area contributed by atoms with E-state index in [0.29, 0.717) is 6.54 Å². The van der Waals surface area contributed by atoms with Gasteiger partial charge in [-0.15, -0.1) is 5.10 Å². The Morgan fingerprint density at radius 1 is 1.17 bits per heavy atom. The third kappa shape index (κ3) is 3.64. The minimum absolute atomic E-state index is 0.122. The van der Waals surface area contributed by atoms with Gasteiger partial charge in [-0.2, -0.15) is 5.10 Å². The summed E-state index contributed by atoms with van der Waals surface area (Å²) in [5, 5.41) is 19.3. The van der Waals surface area contributed by atoms with Gasteiger partial charge in [-0.05, 0) is 11.6 Å². The summed E-state index contributed by atoms with van der Waals surface area (Å²) in [6.07, 6.45) is 2.87. The summed E-state index contributed by atoms with van der Waals surface area (Å²) in [7, 11) is 0. The van der Waals surface area contributed by atoms with Crippen molar-refractivity contribution < 1.29 is 14.7 Å². The summed E-state index contributed by atoms with van der Waals surface area (Å²) in [5.74, 6) is -1.47. The first-order valence-electron chi connectivity index (χ1n) is 7.10. The van der Waals surface area contributed by atoms with E-state index in [1.165, 1.54) is 18.6 Å². The Kier molecular flexibility index (Phi) is 4.32. The Hall–Kier alpha value is -3.49. The fourth-order valence-electron chi connectivity index (χ4n) is 2.14. The lowest BCUT2D eigenvalue weighted by atomic mass is 10.2. The number of nitrogens with zero attached hydrogens (tertiary/aromatic N) is 5. The fourth-order valence-corrected chi connectivity index (χ4v) is 2.14. The molecular formula is C15H14N6O3. The molecule has 2 aromatic heterocycles. The second-order valence-electron chi connectivity index (χ2n) is 4.97. The van der Waals surface area contributed by atoms with E-state index in [1.807, 2.05) is 30.3 Å². The van der Waals surface area contributed by atoms with E-state index in [4.69, 9.17) is 5.11 Å². The van der Waals surface area contributed by atoms with Crippen molar-refractivity contribution in [1.82, 2.24) is 24.5 Å². The lowest BCUT2D eigenvalue weighted by Gasteiger charge is -2.04. The van der Waals surface area contributed by atoms with Crippen molar-refractivity contribution in [3.8, 4) is 0 Å². The molecule has 0 aliphatic rings. The third-order valence-corrected chi connectivity index (χ3v) is 3.18. The Labute approximate surface area is 136 Å². The van der Waals surface area contributed by atoms with E-state index in [1.54, 1.807) is 4.68 Å². The van der Waals surface area contributed by atoms with Crippen LogP contribution < -0.4 is 5.32 Å². The molecule has 0 aliphatic carbocycles. The second-order valence-corrected chi connectivity index (χ2v) is 4.97. The maximum absolute atomic E-state index is 12.2. The van der Waals surface area contributed by atoms with Crippen LogP contribution in [0.25, 0.3) is 0 Å². The molecule has 1 amide bonds. The first-order valence-corrected chi connectivity index (χ1v) is 7.10. The zero-order valence-electron chi connectivity index (χ0n) is 12.5. The van der Waals surface area contributed by atoms with Gasteiger partial charge in [-0.25, -0.2) is 14.3 Å². The molecule has 3 rings (SSSR count). The average Bonchev–Trinajstić information content (AvgIpc) is 3.17. The van der Waals surface area contributed by atoms with Gasteiger partial charge in [0, 0.05) is 6.20 Å². The maximum atomic E-state index is 12.2. The number of aromatic nitrogens is 5. The standard InChI is InChI=1S/C15H14N6O3/c22-13(23)9-21-12(6-7-17-21)14(24)18-15-16-10-20(19-15)8-11-4-2-1-3-5-11/h1-7,10H,8-9H2,(H,22,23)(H,18,19,24). The number of amides is 1. The zero-order chi connectivity index (χ0) is 16.9. The van der Waals surface area contributed by atoms with Crippen molar-refractivity contribution in [2.45, 2.75) is 13.1 Å². The number of nitrogens with one attached hydrogen (secondary N) is 1. The monoisotopic (exact) mass is 326 g/mol. The van der Waals surface area contributed by atoms with Gasteiger partial charge in [0.05, 0.1) is 6.54 Å². The van der Waals surface area contributed by atoms with E-state index >= 15 is 0 Å². The van der Waals surface area contributed by atoms with Crippen LogP contribution >= 0.6 is 0 Å². The third-order valence-electron chi connectivity index (χ3n) is 3.18. The molecule has 0 fully saturated rings. The predicted octanol–water partition coefficient (Wildman–Crippen LogP) is 0.860. The van der Waals surface area contributed by atoms with Gasteiger partial charge in [0.25, 0.3) is 5.91 Å². The molecule has 122 valence electrons. The molecule has 0 saturated heterocycles. The van der Waals surface area contributed by atoms with Gasteiger partial charge in [-0.1, -0.05) is 30.3 Å². The number of rotatable bonds is 6. The van der Waals surface area contributed by atoms with Gasteiger partial charge in [-0.3, -0.25) is 14.9 Å². The largest absolute Gasteiger partial charge is 0.480 e. The number of hydrogen-bond donors (Lipinski definition) is 2. The summed E-state index contributed by atoms with van der Waals surface area (Å²) in [5.41, 5.74) is 1.18. The van der Waals surface area contributed by atoms with Gasteiger partial charge >= 0.3 is 5.97 Å². The van der Waals surface area contributed by atoms with Crippen LogP contribution in [0.2, 0.25) is 0 Å². The number of carbonyl (C=O) groups is 2. The summed E-state index contributed by atoms with van der Waals surface area (Å²) in [4.78, 5) is 27.0. The van der Waals surface area contributed by atoms with E-state index < -0.39 is 18.4 Å². The molecule has 9 heteroatoms. The molecule has 24 heavy (non-hydrogen) atoms. The first-order chi connectivity index (χ1) is 11.6. The second kappa shape index (κ2) is 6.73. The Balaban J connectivity index is 1.67. The minimum Gasteiger partial charge on any atom is -0.480 e. The first kappa shape index (κ1) is 15.4. The Bertz CT molecular complexity index is 855. The Morgan fingerprint density at radius 2 is 1.96 bits per heavy atom. The van der Waals surface area contributed by atoms with Gasteiger partial charge in [0.15, 0.2) is 0 Å². The summed E-state index contributed by atoms with van der Waals surface area (Å²) >= 11 is 0. The molecular weight excluding hydrogens is 312 g/mol. The molecule has 0 spiro atoms. The summed E-state index contributed by atoms with van der Waals surface area (Å²) in [6, 6.07) is 11.1. The van der Waals surface area contributed by atoms with Crippen molar-refractivity contribution in [2.75, 3.05) is 5.32 Å².